The van der Waals surface area contributed by atoms with E-state index in [-0.39, 0.29) is 0 Å². The molecule has 1 aliphatic heterocycles. The lowest BCUT2D eigenvalue weighted by atomic mass is 10.0. The van der Waals surface area contributed by atoms with Gasteiger partial charge in [0.05, 0.1) is 12.8 Å². The van der Waals surface area contributed by atoms with Crippen molar-refractivity contribution < 1.29 is 4.74 Å². The molecule has 0 spiro atoms. The number of piperidine rings is 1. The Morgan fingerprint density at radius 1 is 1.39 bits per heavy atom. The Bertz CT molecular complexity index is 412. The lowest BCUT2D eigenvalue weighted by Gasteiger charge is -2.30. The Morgan fingerprint density at radius 3 is 2.67 bits per heavy atom. The molecule has 0 aliphatic carbocycles. The van der Waals surface area contributed by atoms with Crippen LogP contribution in [-0.4, -0.2) is 36.1 Å². The van der Waals surface area contributed by atoms with Gasteiger partial charge in [0, 0.05) is 43.0 Å². The van der Waals surface area contributed by atoms with Crippen molar-refractivity contribution >= 4 is 0 Å². The molecule has 0 unspecified atom stereocenters. The summed E-state index contributed by atoms with van der Waals surface area (Å²) in [7, 11) is 1.72. The smallest absolute Gasteiger partial charge is 0.128 e. The largest absolute Gasteiger partial charge is 0.496 e. The van der Waals surface area contributed by atoms with Crippen LogP contribution >= 0.6 is 0 Å². The first kappa shape index (κ1) is 13.3. The van der Waals surface area contributed by atoms with E-state index in [1.807, 2.05) is 13.1 Å². The standard InChI is InChI=1S/C14H23N3O/c1-10-8-16-13(11(2)14(10)18-3)9-17-6-4-12(15)5-7-17/h8,12H,4-7,9,15H2,1-3H3. The zero-order valence-corrected chi connectivity index (χ0v) is 11.6. The summed E-state index contributed by atoms with van der Waals surface area (Å²) in [4.78, 5) is 6.97. The van der Waals surface area contributed by atoms with Crippen LogP contribution < -0.4 is 10.5 Å². The molecule has 1 aromatic rings. The summed E-state index contributed by atoms with van der Waals surface area (Å²) in [6.07, 6.45) is 4.07. The molecule has 2 N–H and O–H groups in total. The van der Waals surface area contributed by atoms with E-state index < -0.39 is 0 Å². The number of pyridine rings is 1. The number of methoxy groups -OCH3 is 1. The van der Waals surface area contributed by atoms with E-state index in [9.17, 15) is 0 Å². The second-order valence-corrected chi connectivity index (χ2v) is 5.16. The summed E-state index contributed by atoms with van der Waals surface area (Å²) in [5, 5.41) is 0. The second-order valence-electron chi connectivity index (χ2n) is 5.16. The number of aryl methyl sites for hydroxylation is 1. The van der Waals surface area contributed by atoms with Gasteiger partial charge >= 0.3 is 0 Å². The first-order valence-corrected chi connectivity index (χ1v) is 6.58. The lowest BCUT2D eigenvalue weighted by molar-refractivity contribution is 0.203. The Morgan fingerprint density at radius 2 is 2.06 bits per heavy atom. The highest BCUT2D eigenvalue weighted by molar-refractivity contribution is 5.41. The van der Waals surface area contributed by atoms with Crippen LogP contribution in [0.25, 0.3) is 0 Å². The Labute approximate surface area is 109 Å². The molecule has 0 bridgehead atoms. The third-order valence-corrected chi connectivity index (χ3v) is 3.76. The van der Waals surface area contributed by atoms with E-state index in [2.05, 4.69) is 16.8 Å². The predicted octanol–water partition coefficient (Wildman–Crippen LogP) is 1.63. The number of nitrogens with two attached hydrogens (primary N) is 1. The van der Waals surface area contributed by atoms with Crippen molar-refractivity contribution in [3.05, 3.63) is 23.0 Å². The number of likely N-dealkylation sites (tertiary alicyclic amines) is 1. The van der Waals surface area contributed by atoms with Gasteiger partial charge in [-0.1, -0.05) is 0 Å². The van der Waals surface area contributed by atoms with Crippen LogP contribution in [0.5, 0.6) is 5.75 Å². The van der Waals surface area contributed by atoms with Crippen LogP contribution in [0, 0.1) is 13.8 Å². The van der Waals surface area contributed by atoms with Crippen LogP contribution in [0.4, 0.5) is 0 Å². The molecule has 1 aromatic heterocycles. The highest BCUT2D eigenvalue weighted by atomic mass is 16.5. The molecular weight excluding hydrogens is 226 g/mol. The van der Waals surface area contributed by atoms with E-state index in [1.54, 1.807) is 7.11 Å². The van der Waals surface area contributed by atoms with Gasteiger partial charge < -0.3 is 10.5 Å². The number of aromatic nitrogens is 1. The zero-order valence-electron chi connectivity index (χ0n) is 11.6. The van der Waals surface area contributed by atoms with E-state index in [4.69, 9.17) is 10.5 Å². The maximum absolute atomic E-state index is 5.92. The average molecular weight is 249 g/mol. The predicted molar refractivity (Wildman–Crippen MR) is 72.7 cm³/mol. The van der Waals surface area contributed by atoms with Crippen LogP contribution in [0.15, 0.2) is 6.20 Å². The fourth-order valence-electron chi connectivity index (χ4n) is 2.55. The third kappa shape index (κ3) is 2.82. The maximum atomic E-state index is 5.92. The summed E-state index contributed by atoms with van der Waals surface area (Å²) < 4.78 is 5.44. The zero-order chi connectivity index (χ0) is 13.1. The van der Waals surface area contributed by atoms with Gasteiger partial charge in [-0.15, -0.1) is 0 Å². The van der Waals surface area contributed by atoms with E-state index in [0.717, 1.165) is 55.0 Å². The molecule has 0 amide bonds. The Balaban J connectivity index is 2.10. The minimum absolute atomic E-state index is 0.378. The number of ether oxygens (including phenoxy) is 1. The Kier molecular flexibility index (Phi) is 4.19. The lowest BCUT2D eigenvalue weighted by Crippen LogP contribution is -2.39. The van der Waals surface area contributed by atoms with Crippen LogP contribution in [-0.2, 0) is 6.54 Å². The van der Waals surface area contributed by atoms with Gasteiger partial charge in [0.25, 0.3) is 0 Å². The van der Waals surface area contributed by atoms with Gasteiger partial charge in [-0.2, -0.15) is 0 Å². The number of nitrogens with zero attached hydrogens (tertiary/aromatic N) is 2. The molecule has 4 heteroatoms. The van der Waals surface area contributed by atoms with Gasteiger partial charge in [0.1, 0.15) is 5.75 Å². The first-order chi connectivity index (χ1) is 8.61. The molecule has 100 valence electrons. The second kappa shape index (κ2) is 5.67. The van der Waals surface area contributed by atoms with Crippen molar-refractivity contribution in [3.63, 3.8) is 0 Å². The van der Waals surface area contributed by atoms with E-state index >= 15 is 0 Å². The summed E-state index contributed by atoms with van der Waals surface area (Å²) in [6.45, 7) is 7.15. The molecule has 0 saturated carbocycles. The first-order valence-electron chi connectivity index (χ1n) is 6.58. The van der Waals surface area contributed by atoms with Crippen molar-refractivity contribution in [2.24, 2.45) is 5.73 Å². The molecule has 2 rings (SSSR count). The maximum Gasteiger partial charge on any atom is 0.128 e. The van der Waals surface area contributed by atoms with Crippen LogP contribution in [0.3, 0.4) is 0 Å². The van der Waals surface area contributed by atoms with Crippen LogP contribution in [0.1, 0.15) is 29.7 Å². The van der Waals surface area contributed by atoms with Crippen molar-refractivity contribution in [1.82, 2.24) is 9.88 Å². The molecule has 4 nitrogen and oxygen atoms in total. The highest BCUT2D eigenvalue weighted by Gasteiger charge is 2.18. The molecule has 1 saturated heterocycles. The Hall–Kier alpha value is -1.13. The minimum atomic E-state index is 0.378. The molecule has 1 fully saturated rings. The fourth-order valence-corrected chi connectivity index (χ4v) is 2.55. The molecule has 0 radical (unpaired) electrons. The summed E-state index contributed by atoms with van der Waals surface area (Å²) >= 11 is 0. The SMILES string of the molecule is COc1c(C)cnc(CN2CCC(N)CC2)c1C. The summed E-state index contributed by atoms with van der Waals surface area (Å²) in [5.41, 5.74) is 9.30. The molecule has 0 aromatic carbocycles. The monoisotopic (exact) mass is 249 g/mol. The fraction of sp³-hybridized carbons (Fsp3) is 0.643. The topological polar surface area (TPSA) is 51.4 Å². The average Bonchev–Trinajstić information content (AvgIpc) is 2.36. The van der Waals surface area contributed by atoms with E-state index in [0.29, 0.717) is 6.04 Å². The van der Waals surface area contributed by atoms with Gasteiger partial charge in [-0.25, -0.2) is 0 Å². The molecule has 2 heterocycles. The molecule has 0 atom stereocenters. The number of hydrogen-bond acceptors (Lipinski definition) is 4. The van der Waals surface area contributed by atoms with Gasteiger partial charge in [0.15, 0.2) is 0 Å². The molecule has 18 heavy (non-hydrogen) atoms. The van der Waals surface area contributed by atoms with Crippen molar-refractivity contribution in [2.75, 3.05) is 20.2 Å². The van der Waals surface area contributed by atoms with Crippen LogP contribution in [0.2, 0.25) is 0 Å². The molecule has 1 aliphatic rings. The van der Waals surface area contributed by atoms with Gasteiger partial charge in [-0.05, 0) is 26.7 Å². The van der Waals surface area contributed by atoms with Crippen molar-refractivity contribution in [1.29, 1.82) is 0 Å². The molecular formula is C14H23N3O. The summed E-state index contributed by atoms with van der Waals surface area (Å²) in [6, 6.07) is 0.378. The van der Waals surface area contributed by atoms with E-state index in [1.165, 1.54) is 0 Å². The normalized spacial score (nSPS) is 18.0. The van der Waals surface area contributed by atoms with Crippen molar-refractivity contribution in [2.45, 2.75) is 39.3 Å². The summed E-state index contributed by atoms with van der Waals surface area (Å²) in [5.74, 6) is 0.966. The number of rotatable bonds is 3. The minimum Gasteiger partial charge on any atom is -0.496 e. The van der Waals surface area contributed by atoms with Gasteiger partial charge in [0.2, 0.25) is 0 Å². The van der Waals surface area contributed by atoms with Gasteiger partial charge in [-0.3, -0.25) is 9.88 Å². The third-order valence-electron chi connectivity index (χ3n) is 3.76. The quantitative estimate of drug-likeness (QED) is 0.884. The van der Waals surface area contributed by atoms with Crippen molar-refractivity contribution in [3.8, 4) is 5.75 Å². The number of hydrogen-bond donors (Lipinski definition) is 1. The highest BCUT2D eigenvalue weighted by Crippen LogP contribution is 2.25.